The van der Waals surface area contributed by atoms with Crippen LogP contribution in [-0.4, -0.2) is 17.5 Å². The average Bonchev–Trinajstić information content (AvgIpc) is 2.71. The van der Waals surface area contributed by atoms with Gasteiger partial charge in [0.05, 0.1) is 12.6 Å². The number of methoxy groups -OCH3 is 1. The van der Waals surface area contributed by atoms with Crippen molar-refractivity contribution in [2.45, 2.75) is 52.4 Å². The molecule has 0 bridgehead atoms. The van der Waals surface area contributed by atoms with Crippen LogP contribution >= 0.6 is 0 Å². The maximum absolute atomic E-state index is 12.3. The molecule has 0 atom stereocenters. The molecule has 0 N–H and O–H groups in total. The van der Waals surface area contributed by atoms with Crippen LogP contribution in [0.3, 0.4) is 0 Å². The Bertz CT molecular complexity index is 697. The van der Waals surface area contributed by atoms with Gasteiger partial charge in [0.2, 0.25) is 0 Å². The van der Waals surface area contributed by atoms with E-state index in [4.69, 9.17) is 4.74 Å². The summed E-state index contributed by atoms with van der Waals surface area (Å²) in [5.74, 6) is -0.211. The van der Waals surface area contributed by atoms with Crippen molar-refractivity contribution in [2.75, 3.05) is 7.11 Å². The minimum Gasteiger partial charge on any atom is -0.464 e. The first-order valence-electron chi connectivity index (χ1n) is 7.85. The normalized spacial score (nSPS) is 15.4. The van der Waals surface area contributed by atoms with Gasteiger partial charge < -0.3 is 9.14 Å². The van der Waals surface area contributed by atoms with Crippen LogP contribution in [0.15, 0.2) is 12.3 Å². The Kier molecular flexibility index (Phi) is 3.75. The van der Waals surface area contributed by atoms with E-state index in [9.17, 15) is 4.79 Å². The van der Waals surface area contributed by atoms with E-state index in [2.05, 4.69) is 30.5 Å². The molecule has 0 aliphatic heterocycles. The highest BCUT2D eigenvalue weighted by atomic mass is 16.5. The number of aromatic nitrogens is 1. The lowest BCUT2D eigenvalue weighted by atomic mass is 9.93. The molecular weight excluding hydrogens is 262 g/mol. The fourth-order valence-electron chi connectivity index (χ4n) is 3.71. The third-order valence-electron chi connectivity index (χ3n) is 4.55. The standard InChI is InChI=1S/C18H23NO2/c1-12-10-13(2)16-14-8-6-4-5-7-9-15(14)17(18(20)21-3)19(16)11-12/h10-11H,4-9H2,1-3H3. The second-order valence-corrected chi connectivity index (χ2v) is 6.13. The second kappa shape index (κ2) is 5.55. The molecule has 0 radical (unpaired) electrons. The lowest BCUT2D eigenvalue weighted by Crippen LogP contribution is -2.09. The van der Waals surface area contributed by atoms with Crippen molar-refractivity contribution in [3.05, 3.63) is 40.2 Å². The Morgan fingerprint density at radius 3 is 2.43 bits per heavy atom. The maximum Gasteiger partial charge on any atom is 0.355 e. The molecule has 1 aliphatic carbocycles. The number of pyridine rings is 1. The Morgan fingerprint density at radius 2 is 1.76 bits per heavy atom. The average molecular weight is 285 g/mol. The van der Waals surface area contributed by atoms with Crippen molar-refractivity contribution in [2.24, 2.45) is 0 Å². The van der Waals surface area contributed by atoms with Gasteiger partial charge in [-0.3, -0.25) is 0 Å². The molecule has 2 aromatic rings. The smallest absolute Gasteiger partial charge is 0.355 e. The highest BCUT2D eigenvalue weighted by molar-refractivity contribution is 5.93. The van der Waals surface area contributed by atoms with Gasteiger partial charge in [0.1, 0.15) is 5.69 Å². The van der Waals surface area contributed by atoms with Gasteiger partial charge in [-0.25, -0.2) is 4.79 Å². The first-order chi connectivity index (χ1) is 10.1. The van der Waals surface area contributed by atoms with E-state index < -0.39 is 0 Å². The molecule has 0 fully saturated rings. The van der Waals surface area contributed by atoms with Crippen LogP contribution < -0.4 is 0 Å². The van der Waals surface area contributed by atoms with E-state index in [1.165, 1.54) is 54.1 Å². The molecule has 2 heterocycles. The highest BCUT2D eigenvalue weighted by Gasteiger charge is 2.25. The molecule has 0 amide bonds. The number of rotatable bonds is 1. The van der Waals surface area contributed by atoms with Gasteiger partial charge in [-0.05, 0) is 61.8 Å². The summed E-state index contributed by atoms with van der Waals surface area (Å²) in [6.45, 7) is 4.22. The molecule has 1 aliphatic rings. The number of nitrogens with zero attached hydrogens (tertiary/aromatic N) is 1. The van der Waals surface area contributed by atoms with E-state index in [0.717, 1.165) is 25.0 Å². The molecule has 0 aromatic carbocycles. The molecule has 3 heteroatoms. The van der Waals surface area contributed by atoms with Crippen LogP contribution in [-0.2, 0) is 17.6 Å². The second-order valence-electron chi connectivity index (χ2n) is 6.13. The van der Waals surface area contributed by atoms with E-state index in [-0.39, 0.29) is 5.97 Å². The number of carbonyl (C=O) groups is 1. The first-order valence-corrected chi connectivity index (χ1v) is 7.85. The van der Waals surface area contributed by atoms with E-state index in [1.54, 1.807) is 0 Å². The summed E-state index contributed by atoms with van der Waals surface area (Å²) in [6.07, 6.45) is 9.03. The zero-order chi connectivity index (χ0) is 15.0. The lowest BCUT2D eigenvalue weighted by molar-refractivity contribution is 0.0591. The highest BCUT2D eigenvalue weighted by Crippen LogP contribution is 2.32. The van der Waals surface area contributed by atoms with E-state index >= 15 is 0 Å². The van der Waals surface area contributed by atoms with Crippen LogP contribution in [0.25, 0.3) is 5.52 Å². The van der Waals surface area contributed by atoms with Crippen molar-refractivity contribution in [3.63, 3.8) is 0 Å². The maximum atomic E-state index is 12.3. The van der Waals surface area contributed by atoms with Crippen LogP contribution in [0.5, 0.6) is 0 Å². The summed E-state index contributed by atoms with van der Waals surface area (Å²) in [4.78, 5) is 12.3. The van der Waals surface area contributed by atoms with Crippen molar-refractivity contribution >= 4 is 11.5 Å². The van der Waals surface area contributed by atoms with E-state index in [0.29, 0.717) is 0 Å². The van der Waals surface area contributed by atoms with Gasteiger partial charge in [0.25, 0.3) is 0 Å². The van der Waals surface area contributed by atoms with Crippen molar-refractivity contribution in [1.29, 1.82) is 0 Å². The van der Waals surface area contributed by atoms with Crippen molar-refractivity contribution < 1.29 is 9.53 Å². The molecule has 0 saturated carbocycles. The van der Waals surface area contributed by atoms with Gasteiger partial charge >= 0.3 is 5.97 Å². The molecule has 0 saturated heterocycles. The van der Waals surface area contributed by atoms with Crippen molar-refractivity contribution in [1.82, 2.24) is 4.40 Å². The van der Waals surface area contributed by atoms with Crippen LogP contribution in [0.1, 0.15) is 58.4 Å². The summed E-state index contributed by atoms with van der Waals surface area (Å²) in [5.41, 5.74) is 6.98. The number of aryl methyl sites for hydroxylation is 3. The fourth-order valence-corrected chi connectivity index (χ4v) is 3.71. The van der Waals surface area contributed by atoms with Crippen LogP contribution in [0.2, 0.25) is 0 Å². The number of carbonyl (C=O) groups excluding carboxylic acids is 1. The summed E-state index contributed by atoms with van der Waals surface area (Å²) in [6, 6.07) is 2.20. The van der Waals surface area contributed by atoms with Gasteiger partial charge in [0.15, 0.2) is 0 Å². The van der Waals surface area contributed by atoms with Gasteiger partial charge in [-0.2, -0.15) is 0 Å². The summed E-state index contributed by atoms with van der Waals surface area (Å²) < 4.78 is 7.14. The van der Waals surface area contributed by atoms with Crippen LogP contribution in [0, 0.1) is 13.8 Å². The largest absolute Gasteiger partial charge is 0.464 e. The molecule has 2 aromatic heterocycles. The SMILES string of the molecule is COC(=O)c1c2c(c3c(C)cc(C)cn13)CCCCCC2. The minimum atomic E-state index is -0.211. The van der Waals surface area contributed by atoms with Gasteiger partial charge in [-0.15, -0.1) is 0 Å². The molecule has 21 heavy (non-hydrogen) atoms. The minimum absolute atomic E-state index is 0.211. The molecule has 3 rings (SSSR count). The molecule has 0 spiro atoms. The Balaban J connectivity index is 2.36. The molecular formula is C18H23NO2. The Morgan fingerprint density at radius 1 is 1.10 bits per heavy atom. The predicted octanol–water partition coefficient (Wildman–Crippen LogP) is 4.00. The van der Waals surface area contributed by atoms with Gasteiger partial charge in [0, 0.05) is 6.20 Å². The zero-order valence-corrected chi connectivity index (χ0v) is 13.2. The monoisotopic (exact) mass is 285 g/mol. The lowest BCUT2D eigenvalue weighted by Gasteiger charge is -2.11. The molecule has 112 valence electrons. The Labute approximate surface area is 125 Å². The fraction of sp³-hybridized carbons (Fsp3) is 0.500. The predicted molar refractivity (Wildman–Crippen MR) is 84.1 cm³/mol. The summed E-state index contributed by atoms with van der Waals surface area (Å²) >= 11 is 0. The molecule has 0 unspecified atom stereocenters. The first kappa shape index (κ1) is 14.2. The topological polar surface area (TPSA) is 30.7 Å². The zero-order valence-electron chi connectivity index (χ0n) is 13.2. The van der Waals surface area contributed by atoms with Crippen molar-refractivity contribution in [3.8, 4) is 0 Å². The summed E-state index contributed by atoms with van der Waals surface area (Å²) in [5, 5.41) is 0. The number of hydrogen-bond acceptors (Lipinski definition) is 2. The van der Waals surface area contributed by atoms with Gasteiger partial charge in [-0.1, -0.05) is 18.9 Å². The number of esters is 1. The quantitative estimate of drug-likeness (QED) is 0.741. The molecule has 3 nitrogen and oxygen atoms in total. The third-order valence-corrected chi connectivity index (χ3v) is 4.55. The van der Waals surface area contributed by atoms with Crippen LogP contribution in [0.4, 0.5) is 0 Å². The Hall–Kier alpha value is -1.77. The van der Waals surface area contributed by atoms with E-state index in [1.807, 2.05) is 0 Å². The number of fused-ring (bicyclic) bond motifs is 3. The third kappa shape index (κ3) is 2.35. The number of hydrogen-bond donors (Lipinski definition) is 0. The number of ether oxygens (including phenoxy) is 1. The summed E-state index contributed by atoms with van der Waals surface area (Å²) in [7, 11) is 1.47.